The van der Waals surface area contributed by atoms with Crippen molar-refractivity contribution in [3.8, 4) is 0 Å². The summed E-state index contributed by atoms with van der Waals surface area (Å²) in [7, 11) is 0. The van der Waals surface area contributed by atoms with Gasteiger partial charge in [-0.1, -0.05) is 0 Å². The van der Waals surface area contributed by atoms with Gasteiger partial charge in [0.25, 0.3) is 0 Å². The highest BCUT2D eigenvalue weighted by Crippen LogP contribution is 2.26. The molecule has 0 atom stereocenters. The Kier molecular flexibility index (Phi) is 6.71. The predicted octanol–water partition coefficient (Wildman–Crippen LogP) is 2.57. The van der Waals surface area contributed by atoms with Crippen LogP contribution in [0, 0.1) is 5.92 Å². The zero-order valence-corrected chi connectivity index (χ0v) is 16.0. The number of carbonyl (C=O) groups is 2. The van der Waals surface area contributed by atoms with Gasteiger partial charge in [-0.2, -0.15) is 0 Å². The summed E-state index contributed by atoms with van der Waals surface area (Å²) in [4.78, 5) is 27.3. The lowest BCUT2D eigenvalue weighted by Gasteiger charge is -2.35. The van der Waals surface area contributed by atoms with Crippen LogP contribution in [0.25, 0.3) is 0 Å². The van der Waals surface area contributed by atoms with Crippen LogP contribution in [0.1, 0.15) is 46.5 Å². The molecule has 0 aliphatic carbocycles. The summed E-state index contributed by atoms with van der Waals surface area (Å²) in [6.45, 7) is 7.00. The minimum Gasteiger partial charge on any atom is -0.449 e. The molecule has 2 aliphatic heterocycles. The lowest BCUT2D eigenvalue weighted by atomic mass is 9.95. The van der Waals surface area contributed by atoms with Crippen LogP contribution in [0.2, 0.25) is 0 Å². The number of aliphatic hydroxyl groups is 1. The molecule has 8 heteroatoms. The average Bonchev–Trinajstić information content (AvgIpc) is 2.59. The largest absolute Gasteiger partial charge is 0.449 e. The molecular weight excluding hydrogens is 343 g/mol. The fourth-order valence-electron chi connectivity index (χ4n) is 3.14. The summed E-state index contributed by atoms with van der Waals surface area (Å²) >= 11 is 0. The maximum Gasteiger partial charge on any atom is 0.410 e. The van der Waals surface area contributed by atoms with Crippen molar-refractivity contribution in [2.45, 2.75) is 57.7 Å². The van der Waals surface area contributed by atoms with Crippen LogP contribution < -0.4 is 0 Å². The third-order valence-electron chi connectivity index (χ3n) is 4.91. The normalized spacial score (nSPS) is 21.4. The zero-order valence-electron chi connectivity index (χ0n) is 16.0. The molecule has 2 fully saturated rings. The summed E-state index contributed by atoms with van der Waals surface area (Å²) in [6.07, 6.45) is 1.04. The van der Waals surface area contributed by atoms with Crippen LogP contribution >= 0.6 is 0 Å². The minimum absolute atomic E-state index is 0.132. The van der Waals surface area contributed by atoms with E-state index in [-0.39, 0.29) is 37.9 Å². The molecule has 7 nitrogen and oxygen atoms in total. The number of carbonyl (C=O) groups excluding carboxylic acids is 2. The van der Waals surface area contributed by atoms with Crippen molar-refractivity contribution < 1.29 is 28.6 Å². The number of ether oxygens (including phenoxy) is 2. The van der Waals surface area contributed by atoms with Gasteiger partial charge in [0, 0.05) is 39.0 Å². The summed E-state index contributed by atoms with van der Waals surface area (Å²) < 4.78 is 24.7. The molecule has 0 aromatic heterocycles. The molecule has 26 heavy (non-hydrogen) atoms. The molecule has 2 aliphatic rings. The SMILES string of the molecule is CC(C)(C)OC(=O)N1CCC(COC(=O)N2CCC(F)(CO)CC2)CC1. The van der Waals surface area contributed by atoms with E-state index in [9.17, 15) is 14.0 Å². The lowest BCUT2D eigenvalue weighted by Crippen LogP contribution is -2.47. The summed E-state index contributed by atoms with van der Waals surface area (Å²) in [6, 6.07) is 0. The molecule has 150 valence electrons. The Balaban J connectivity index is 1.67. The highest BCUT2D eigenvalue weighted by molar-refractivity contribution is 5.68. The van der Waals surface area contributed by atoms with Gasteiger partial charge in [-0.05, 0) is 39.5 Å². The van der Waals surface area contributed by atoms with Gasteiger partial charge >= 0.3 is 12.2 Å². The molecule has 2 heterocycles. The summed E-state index contributed by atoms with van der Waals surface area (Å²) in [5.41, 5.74) is -2.09. The number of hydrogen-bond acceptors (Lipinski definition) is 5. The fraction of sp³-hybridized carbons (Fsp3) is 0.889. The third kappa shape index (κ3) is 6.00. The number of rotatable bonds is 3. The van der Waals surface area contributed by atoms with Crippen molar-refractivity contribution in [2.75, 3.05) is 39.4 Å². The third-order valence-corrected chi connectivity index (χ3v) is 4.91. The molecule has 0 aromatic carbocycles. The Hall–Kier alpha value is -1.57. The van der Waals surface area contributed by atoms with Gasteiger partial charge in [-0.3, -0.25) is 0 Å². The van der Waals surface area contributed by atoms with E-state index in [0.29, 0.717) is 19.7 Å². The molecule has 2 amide bonds. The van der Waals surface area contributed by atoms with Gasteiger partial charge < -0.3 is 24.4 Å². The van der Waals surface area contributed by atoms with Crippen LogP contribution in [-0.2, 0) is 9.47 Å². The maximum atomic E-state index is 13.9. The van der Waals surface area contributed by atoms with Gasteiger partial charge in [-0.15, -0.1) is 0 Å². The second kappa shape index (κ2) is 8.41. The van der Waals surface area contributed by atoms with E-state index >= 15 is 0 Å². The van der Waals surface area contributed by atoms with Crippen molar-refractivity contribution in [1.82, 2.24) is 9.80 Å². The van der Waals surface area contributed by atoms with Crippen LogP contribution in [-0.4, -0.2) is 77.8 Å². The molecule has 2 rings (SSSR count). The summed E-state index contributed by atoms with van der Waals surface area (Å²) in [5.74, 6) is 0.208. The van der Waals surface area contributed by atoms with E-state index < -0.39 is 24.0 Å². The van der Waals surface area contributed by atoms with Crippen LogP contribution in [0.15, 0.2) is 0 Å². The van der Waals surface area contributed by atoms with Crippen molar-refractivity contribution >= 4 is 12.2 Å². The standard InChI is InChI=1S/C18H31FN2O5/c1-17(2,3)26-16(24)20-8-4-14(5-9-20)12-25-15(23)21-10-6-18(19,13-22)7-11-21/h14,22H,4-13H2,1-3H3. The van der Waals surface area contributed by atoms with E-state index in [0.717, 1.165) is 12.8 Å². The molecule has 0 spiro atoms. The highest BCUT2D eigenvalue weighted by atomic mass is 19.1. The quantitative estimate of drug-likeness (QED) is 0.821. The van der Waals surface area contributed by atoms with E-state index in [2.05, 4.69) is 0 Å². The molecular formula is C18H31FN2O5. The molecule has 0 saturated carbocycles. The minimum atomic E-state index is -1.58. The Morgan fingerprint density at radius 3 is 2.12 bits per heavy atom. The fourth-order valence-corrected chi connectivity index (χ4v) is 3.14. The van der Waals surface area contributed by atoms with Gasteiger partial charge in [0.15, 0.2) is 0 Å². The monoisotopic (exact) mass is 374 g/mol. The number of hydrogen-bond donors (Lipinski definition) is 1. The first-order valence-electron chi connectivity index (χ1n) is 9.31. The smallest absolute Gasteiger partial charge is 0.410 e. The van der Waals surface area contributed by atoms with Crippen LogP contribution in [0.4, 0.5) is 14.0 Å². The number of aliphatic hydroxyl groups excluding tert-OH is 1. The first kappa shape index (κ1) is 20.7. The van der Waals surface area contributed by atoms with Crippen molar-refractivity contribution in [1.29, 1.82) is 0 Å². The molecule has 0 aromatic rings. The summed E-state index contributed by atoms with van der Waals surface area (Å²) in [5, 5.41) is 9.02. The van der Waals surface area contributed by atoms with E-state index in [1.54, 1.807) is 4.90 Å². The number of nitrogens with zero attached hydrogens (tertiary/aromatic N) is 2. The Labute approximate surface area is 154 Å². The second-order valence-corrected chi connectivity index (χ2v) is 8.28. The first-order valence-corrected chi connectivity index (χ1v) is 9.31. The van der Waals surface area contributed by atoms with Gasteiger partial charge in [0.1, 0.15) is 11.3 Å². The van der Waals surface area contributed by atoms with E-state index in [1.807, 2.05) is 20.8 Å². The number of likely N-dealkylation sites (tertiary alicyclic amines) is 2. The Morgan fingerprint density at radius 1 is 1.08 bits per heavy atom. The average molecular weight is 374 g/mol. The zero-order chi connectivity index (χ0) is 19.4. The Morgan fingerprint density at radius 2 is 1.62 bits per heavy atom. The van der Waals surface area contributed by atoms with Gasteiger partial charge in [-0.25, -0.2) is 14.0 Å². The van der Waals surface area contributed by atoms with Gasteiger partial charge in [0.2, 0.25) is 0 Å². The molecule has 2 saturated heterocycles. The maximum absolute atomic E-state index is 13.9. The molecule has 0 radical (unpaired) electrons. The van der Waals surface area contributed by atoms with Crippen molar-refractivity contribution in [3.05, 3.63) is 0 Å². The lowest BCUT2D eigenvalue weighted by molar-refractivity contribution is -0.000364. The topological polar surface area (TPSA) is 79.3 Å². The highest BCUT2D eigenvalue weighted by Gasteiger charge is 2.36. The predicted molar refractivity (Wildman–Crippen MR) is 93.6 cm³/mol. The molecule has 1 N–H and O–H groups in total. The molecule has 0 unspecified atom stereocenters. The molecule has 0 bridgehead atoms. The van der Waals surface area contributed by atoms with Crippen molar-refractivity contribution in [3.63, 3.8) is 0 Å². The first-order chi connectivity index (χ1) is 12.1. The number of alkyl halides is 1. The van der Waals surface area contributed by atoms with Gasteiger partial charge in [0.05, 0.1) is 13.2 Å². The van der Waals surface area contributed by atoms with E-state index in [4.69, 9.17) is 14.6 Å². The number of piperidine rings is 2. The number of halogens is 1. The van der Waals surface area contributed by atoms with Crippen LogP contribution in [0.5, 0.6) is 0 Å². The Bertz CT molecular complexity index is 492. The number of amides is 2. The van der Waals surface area contributed by atoms with Crippen molar-refractivity contribution in [2.24, 2.45) is 5.92 Å². The van der Waals surface area contributed by atoms with Crippen LogP contribution in [0.3, 0.4) is 0 Å². The van der Waals surface area contributed by atoms with E-state index in [1.165, 1.54) is 4.90 Å². The second-order valence-electron chi connectivity index (χ2n) is 8.28.